The molecule has 1 aromatic heterocycles. The molecule has 4 rings (SSSR count). The Morgan fingerprint density at radius 2 is 2.33 bits per heavy atom. The van der Waals surface area contributed by atoms with Crippen molar-refractivity contribution >= 4 is 22.4 Å². The number of amides is 1. The molecular formula is C18H21N3O2S. The molecule has 1 saturated heterocycles. The second kappa shape index (κ2) is 6.81. The van der Waals surface area contributed by atoms with Crippen LogP contribution in [0.4, 0.5) is 5.13 Å². The lowest BCUT2D eigenvalue weighted by molar-refractivity contribution is -0.122. The monoisotopic (exact) mass is 343 g/mol. The van der Waals surface area contributed by atoms with Crippen molar-refractivity contribution in [1.29, 1.82) is 0 Å². The van der Waals surface area contributed by atoms with Crippen molar-refractivity contribution in [2.45, 2.75) is 25.3 Å². The summed E-state index contributed by atoms with van der Waals surface area (Å²) in [6.45, 7) is 2.24. The van der Waals surface area contributed by atoms with Crippen LogP contribution in [0.2, 0.25) is 0 Å². The Morgan fingerprint density at radius 3 is 3.21 bits per heavy atom. The van der Waals surface area contributed by atoms with Gasteiger partial charge in [0.15, 0.2) is 5.13 Å². The Kier molecular flexibility index (Phi) is 4.38. The van der Waals surface area contributed by atoms with Crippen LogP contribution in [0.25, 0.3) is 0 Å². The van der Waals surface area contributed by atoms with Crippen molar-refractivity contribution in [2.75, 3.05) is 24.6 Å². The van der Waals surface area contributed by atoms with E-state index >= 15 is 0 Å². The number of para-hydroxylation sites is 1. The van der Waals surface area contributed by atoms with Crippen molar-refractivity contribution < 1.29 is 9.53 Å². The maximum atomic E-state index is 12.6. The third-order valence-electron chi connectivity index (χ3n) is 4.74. The fourth-order valence-corrected chi connectivity index (χ4v) is 4.23. The highest BCUT2D eigenvalue weighted by Crippen LogP contribution is 2.28. The van der Waals surface area contributed by atoms with E-state index in [0.717, 1.165) is 36.7 Å². The van der Waals surface area contributed by atoms with E-state index in [1.165, 1.54) is 5.56 Å². The second-order valence-electron chi connectivity index (χ2n) is 6.40. The van der Waals surface area contributed by atoms with Gasteiger partial charge in [0.1, 0.15) is 11.8 Å². The van der Waals surface area contributed by atoms with E-state index in [2.05, 4.69) is 21.3 Å². The number of carbonyl (C=O) groups is 1. The smallest absolute Gasteiger partial charge is 0.242 e. The van der Waals surface area contributed by atoms with Crippen LogP contribution in [0.15, 0.2) is 35.8 Å². The standard InChI is InChI=1S/C18H21N3O2S/c22-17(15-5-3-8-21(15)18-19-7-9-24-18)20-11-13-10-14-4-1-2-6-16(14)23-12-13/h1-2,4,6-7,9,13,15H,3,5,8,10-12H2,(H,20,22)/t13-,15-/m0/s1. The molecule has 5 nitrogen and oxygen atoms in total. The summed E-state index contributed by atoms with van der Waals surface area (Å²) in [6.07, 6.45) is 4.69. The van der Waals surface area contributed by atoms with E-state index in [4.69, 9.17) is 4.74 Å². The number of thiazole rings is 1. The van der Waals surface area contributed by atoms with Gasteiger partial charge in [-0.1, -0.05) is 18.2 Å². The minimum atomic E-state index is -0.0899. The van der Waals surface area contributed by atoms with Gasteiger partial charge in [0.05, 0.1) is 6.61 Å². The Balaban J connectivity index is 1.34. The molecule has 0 spiro atoms. The number of hydrogen-bond donors (Lipinski definition) is 1. The maximum absolute atomic E-state index is 12.6. The fourth-order valence-electron chi connectivity index (χ4n) is 3.51. The zero-order valence-corrected chi connectivity index (χ0v) is 14.3. The average molecular weight is 343 g/mol. The minimum Gasteiger partial charge on any atom is -0.493 e. The molecule has 0 bridgehead atoms. The van der Waals surface area contributed by atoms with E-state index in [0.29, 0.717) is 19.1 Å². The number of benzene rings is 1. The van der Waals surface area contributed by atoms with Gasteiger partial charge in [0, 0.05) is 30.6 Å². The topological polar surface area (TPSA) is 54.5 Å². The van der Waals surface area contributed by atoms with Gasteiger partial charge in [-0.2, -0.15) is 0 Å². The molecule has 1 aromatic carbocycles. The Labute approximate surface area is 145 Å². The molecule has 126 valence electrons. The van der Waals surface area contributed by atoms with E-state index in [-0.39, 0.29) is 11.9 Å². The second-order valence-corrected chi connectivity index (χ2v) is 7.27. The molecule has 0 unspecified atom stereocenters. The fraction of sp³-hybridized carbons (Fsp3) is 0.444. The molecule has 1 amide bonds. The first kappa shape index (κ1) is 15.4. The lowest BCUT2D eigenvalue weighted by Crippen LogP contribution is -2.45. The zero-order chi connectivity index (χ0) is 16.4. The highest BCUT2D eigenvalue weighted by Gasteiger charge is 2.32. The number of fused-ring (bicyclic) bond motifs is 1. The first-order valence-corrected chi connectivity index (χ1v) is 9.34. The number of aromatic nitrogens is 1. The molecule has 2 aliphatic rings. The molecule has 6 heteroatoms. The summed E-state index contributed by atoms with van der Waals surface area (Å²) in [7, 11) is 0. The number of rotatable bonds is 4. The molecule has 1 fully saturated rings. The highest BCUT2D eigenvalue weighted by atomic mass is 32.1. The average Bonchev–Trinajstić information content (AvgIpc) is 3.30. The molecule has 24 heavy (non-hydrogen) atoms. The van der Waals surface area contributed by atoms with E-state index in [9.17, 15) is 4.79 Å². The van der Waals surface area contributed by atoms with Crippen LogP contribution in [0, 0.1) is 5.92 Å². The molecule has 1 N–H and O–H groups in total. The number of nitrogens with one attached hydrogen (secondary N) is 1. The summed E-state index contributed by atoms with van der Waals surface area (Å²) >= 11 is 1.59. The first-order valence-electron chi connectivity index (χ1n) is 8.46. The summed E-state index contributed by atoms with van der Waals surface area (Å²) in [5.41, 5.74) is 1.23. The predicted octanol–water partition coefficient (Wildman–Crippen LogP) is 2.48. The van der Waals surface area contributed by atoms with Crippen LogP contribution in [0.3, 0.4) is 0 Å². The van der Waals surface area contributed by atoms with Crippen LogP contribution in [0.5, 0.6) is 5.75 Å². The van der Waals surface area contributed by atoms with E-state index in [1.54, 1.807) is 17.5 Å². The Hall–Kier alpha value is -2.08. The number of carbonyl (C=O) groups excluding carboxylic acids is 1. The number of nitrogens with zero attached hydrogens (tertiary/aromatic N) is 2. The van der Waals surface area contributed by atoms with Gasteiger partial charge >= 0.3 is 0 Å². The Bertz CT molecular complexity index is 704. The van der Waals surface area contributed by atoms with Gasteiger partial charge in [0.2, 0.25) is 5.91 Å². The van der Waals surface area contributed by atoms with Crippen molar-refractivity contribution in [2.24, 2.45) is 5.92 Å². The van der Waals surface area contributed by atoms with Gasteiger partial charge in [-0.25, -0.2) is 4.98 Å². The first-order chi connectivity index (χ1) is 11.8. The summed E-state index contributed by atoms with van der Waals surface area (Å²) < 4.78 is 5.80. The molecule has 2 atom stereocenters. The van der Waals surface area contributed by atoms with Crippen molar-refractivity contribution in [3.8, 4) is 5.75 Å². The quantitative estimate of drug-likeness (QED) is 0.927. The summed E-state index contributed by atoms with van der Waals surface area (Å²) in [5, 5.41) is 6.04. The molecule has 2 aromatic rings. The molecule has 3 heterocycles. The molecule has 2 aliphatic heterocycles. The third-order valence-corrected chi connectivity index (χ3v) is 5.55. The van der Waals surface area contributed by atoms with Crippen LogP contribution in [0.1, 0.15) is 18.4 Å². The lowest BCUT2D eigenvalue weighted by atomic mass is 9.96. The Morgan fingerprint density at radius 1 is 1.42 bits per heavy atom. The minimum absolute atomic E-state index is 0.0899. The van der Waals surface area contributed by atoms with Gasteiger partial charge in [0.25, 0.3) is 0 Å². The summed E-state index contributed by atoms with van der Waals surface area (Å²) in [6, 6.07) is 8.05. The summed E-state index contributed by atoms with van der Waals surface area (Å²) in [4.78, 5) is 19.1. The van der Waals surface area contributed by atoms with Crippen molar-refractivity contribution in [3.05, 3.63) is 41.4 Å². The van der Waals surface area contributed by atoms with Gasteiger partial charge in [-0.3, -0.25) is 4.79 Å². The highest BCUT2D eigenvalue weighted by molar-refractivity contribution is 7.13. The molecule has 0 radical (unpaired) electrons. The van der Waals surface area contributed by atoms with Crippen LogP contribution >= 0.6 is 11.3 Å². The lowest BCUT2D eigenvalue weighted by Gasteiger charge is -2.27. The van der Waals surface area contributed by atoms with Gasteiger partial charge in [-0.05, 0) is 30.9 Å². The molecular weight excluding hydrogens is 322 g/mol. The summed E-state index contributed by atoms with van der Waals surface area (Å²) in [5.74, 6) is 1.42. The number of hydrogen-bond acceptors (Lipinski definition) is 5. The van der Waals surface area contributed by atoms with Crippen molar-refractivity contribution in [3.63, 3.8) is 0 Å². The SMILES string of the molecule is O=C(NC[C@H]1COc2ccccc2C1)[C@@H]1CCCN1c1nccs1. The van der Waals surface area contributed by atoms with E-state index in [1.807, 2.05) is 23.6 Å². The van der Waals surface area contributed by atoms with E-state index < -0.39 is 0 Å². The molecule has 0 aliphatic carbocycles. The number of ether oxygens (including phenoxy) is 1. The van der Waals surface area contributed by atoms with Crippen LogP contribution in [-0.4, -0.2) is 36.6 Å². The van der Waals surface area contributed by atoms with Gasteiger partial charge in [-0.15, -0.1) is 11.3 Å². The zero-order valence-electron chi connectivity index (χ0n) is 13.5. The maximum Gasteiger partial charge on any atom is 0.242 e. The van der Waals surface area contributed by atoms with Gasteiger partial charge < -0.3 is 15.0 Å². The predicted molar refractivity (Wildman–Crippen MR) is 94.6 cm³/mol. The van der Waals surface area contributed by atoms with Crippen LogP contribution < -0.4 is 15.0 Å². The van der Waals surface area contributed by atoms with Crippen molar-refractivity contribution in [1.82, 2.24) is 10.3 Å². The number of anilines is 1. The molecule has 0 saturated carbocycles. The van der Waals surface area contributed by atoms with Crippen LogP contribution in [-0.2, 0) is 11.2 Å². The largest absolute Gasteiger partial charge is 0.493 e. The third kappa shape index (κ3) is 3.11. The normalized spacial score (nSPS) is 22.8.